The van der Waals surface area contributed by atoms with Gasteiger partial charge in [0.1, 0.15) is 5.82 Å². The lowest BCUT2D eigenvalue weighted by Gasteiger charge is -2.23. The Bertz CT molecular complexity index is 505. The summed E-state index contributed by atoms with van der Waals surface area (Å²) >= 11 is 0. The fourth-order valence-electron chi connectivity index (χ4n) is 1.67. The first-order valence-corrected chi connectivity index (χ1v) is 6.72. The molecule has 0 saturated carbocycles. The summed E-state index contributed by atoms with van der Waals surface area (Å²) in [7, 11) is 3.27. The summed E-state index contributed by atoms with van der Waals surface area (Å²) in [6, 6.07) is 3.57. The molecule has 0 aliphatic heterocycles. The third-order valence-electron chi connectivity index (χ3n) is 2.86. The number of aliphatic carboxylic acids is 1. The second-order valence-corrected chi connectivity index (χ2v) is 4.43. The molecule has 0 amide bonds. The molecule has 0 bridgehead atoms. The number of aromatic nitrogens is 1. The molecule has 1 heterocycles. The van der Waals surface area contributed by atoms with Crippen LogP contribution in [0.1, 0.15) is 5.56 Å². The monoisotopic (exact) mass is 308 g/mol. The molecule has 0 saturated heterocycles. The SMILES string of the molecule is COCCN(CCOC)c1ccc(/C=C/C(=O)C(=O)O)cn1. The zero-order chi connectivity index (χ0) is 16.4. The fraction of sp³-hybridized carbons (Fsp3) is 0.400. The van der Waals surface area contributed by atoms with E-state index < -0.39 is 11.8 Å². The van der Waals surface area contributed by atoms with E-state index in [9.17, 15) is 9.59 Å². The molecule has 1 aromatic rings. The summed E-state index contributed by atoms with van der Waals surface area (Å²) in [4.78, 5) is 27.7. The summed E-state index contributed by atoms with van der Waals surface area (Å²) in [6.07, 6.45) is 4.00. The first-order valence-electron chi connectivity index (χ1n) is 6.72. The lowest BCUT2D eigenvalue weighted by molar-refractivity contribution is -0.146. The van der Waals surface area contributed by atoms with Gasteiger partial charge >= 0.3 is 5.97 Å². The summed E-state index contributed by atoms with van der Waals surface area (Å²) in [5.74, 6) is -1.69. The van der Waals surface area contributed by atoms with Crippen LogP contribution in [0.2, 0.25) is 0 Å². The first kappa shape index (κ1) is 17.8. The molecule has 0 atom stereocenters. The summed E-state index contributed by atoms with van der Waals surface area (Å²) < 4.78 is 10.1. The largest absolute Gasteiger partial charge is 0.475 e. The lowest BCUT2D eigenvalue weighted by atomic mass is 10.2. The molecule has 0 aromatic carbocycles. The van der Waals surface area contributed by atoms with Crippen LogP contribution in [0.4, 0.5) is 5.82 Å². The molecule has 1 aromatic heterocycles. The number of rotatable bonds is 10. The van der Waals surface area contributed by atoms with E-state index in [4.69, 9.17) is 14.6 Å². The quantitative estimate of drug-likeness (QED) is 0.506. The maximum absolute atomic E-state index is 11.0. The van der Waals surface area contributed by atoms with Crippen molar-refractivity contribution in [2.24, 2.45) is 0 Å². The van der Waals surface area contributed by atoms with E-state index in [0.29, 0.717) is 31.9 Å². The van der Waals surface area contributed by atoms with E-state index >= 15 is 0 Å². The van der Waals surface area contributed by atoms with Crippen LogP contribution < -0.4 is 4.90 Å². The van der Waals surface area contributed by atoms with Crippen LogP contribution in [0.15, 0.2) is 24.4 Å². The Hall–Kier alpha value is -2.25. The minimum Gasteiger partial charge on any atom is -0.475 e. The maximum atomic E-state index is 11.0. The zero-order valence-electron chi connectivity index (χ0n) is 12.7. The van der Waals surface area contributed by atoms with Crippen molar-refractivity contribution in [1.29, 1.82) is 0 Å². The molecule has 0 aliphatic carbocycles. The molecule has 0 unspecified atom stereocenters. The van der Waals surface area contributed by atoms with Crippen LogP contribution in [0, 0.1) is 0 Å². The topological polar surface area (TPSA) is 89.0 Å². The van der Waals surface area contributed by atoms with Gasteiger partial charge in [-0.3, -0.25) is 4.79 Å². The van der Waals surface area contributed by atoms with Crippen LogP contribution in [0.5, 0.6) is 0 Å². The molecule has 120 valence electrons. The molecule has 0 spiro atoms. The first-order chi connectivity index (χ1) is 10.6. The van der Waals surface area contributed by atoms with Gasteiger partial charge in [-0.05, 0) is 29.8 Å². The Morgan fingerprint density at radius 3 is 2.32 bits per heavy atom. The average molecular weight is 308 g/mol. The number of methoxy groups -OCH3 is 2. The van der Waals surface area contributed by atoms with E-state index in [1.54, 1.807) is 32.5 Å². The predicted octanol–water partition coefficient (Wildman–Crippen LogP) is 0.848. The number of pyridine rings is 1. The smallest absolute Gasteiger partial charge is 0.376 e. The molecule has 0 fully saturated rings. The Kier molecular flexibility index (Phi) is 7.80. The number of carbonyl (C=O) groups is 2. The minimum absolute atomic E-state index is 0.570. The number of hydrogen-bond acceptors (Lipinski definition) is 6. The average Bonchev–Trinajstić information content (AvgIpc) is 2.53. The Labute approximate surface area is 129 Å². The molecular formula is C15H20N2O5. The van der Waals surface area contributed by atoms with E-state index in [-0.39, 0.29) is 0 Å². The van der Waals surface area contributed by atoms with Gasteiger partial charge in [0.15, 0.2) is 0 Å². The van der Waals surface area contributed by atoms with Gasteiger partial charge in [-0.15, -0.1) is 0 Å². The van der Waals surface area contributed by atoms with Crippen molar-refractivity contribution in [3.8, 4) is 0 Å². The highest BCUT2D eigenvalue weighted by Gasteiger charge is 2.08. The molecule has 1 rings (SSSR count). The van der Waals surface area contributed by atoms with E-state index in [1.807, 2.05) is 4.90 Å². The van der Waals surface area contributed by atoms with E-state index in [1.165, 1.54) is 6.08 Å². The van der Waals surface area contributed by atoms with Crippen LogP contribution in [0.3, 0.4) is 0 Å². The van der Waals surface area contributed by atoms with Crippen LogP contribution >= 0.6 is 0 Å². The lowest BCUT2D eigenvalue weighted by Crippen LogP contribution is -2.31. The van der Waals surface area contributed by atoms with Gasteiger partial charge in [0.05, 0.1) is 13.2 Å². The second-order valence-electron chi connectivity index (χ2n) is 4.43. The third-order valence-corrected chi connectivity index (χ3v) is 2.86. The number of carbonyl (C=O) groups excluding carboxylic acids is 1. The molecular weight excluding hydrogens is 288 g/mol. The number of ketones is 1. The van der Waals surface area contributed by atoms with Crippen LogP contribution in [0.25, 0.3) is 6.08 Å². The Balaban J connectivity index is 2.75. The number of nitrogens with zero attached hydrogens (tertiary/aromatic N) is 2. The molecule has 7 heteroatoms. The highest BCUT2D eigenvalue weighted by atomic mass is 16.5. The van der Waals surface area contributed by atoms with Crippen molar-refractivity contribution in [2.75, 3.05) is 45.4 Å². The van der Waals surface area contributed by atoms with Crippen molar-refractivity contribution in [3.63, 3.8) is 0 Å². The molecule has 22 heavy (non-hydrogen) atoms. The summed E-state index contributed by atoms with van der Waals surface area (Å²) in [5, 5.41) is 8.49. The molecule has 0 aliphatic rings. The highest BCUT2D eigenvalue weighted by Crippen LogP contribution is 2.12. The summed E-state index contributed by atoms with van der Waals surface area (Å²) in [6.45, 7) is 2.50. The van der Waals surface area contributed by atoms with Gasteiger partial charge in [0.25, 0.3) is 5.78 Å². The fourth-order valence-corrected chi connectivity index (χ4v) is 1.67. The van der Waals surface area contributed by atoms with Crippen molar-refractivity contribution in [3.05, 3.63) is 30.0 Å². The van der Waals surface area contributed by atoms with Crippen molar-refractivity contribution < 1.29 is 24.2 Å². The molecule has 7 nitrogen and oxygen atoms in total. The number of anilines is 1. The van der Waals surface area contributed by atoms with Gasteiger partial charge in [-0.1, -0.05) is 0 Å². The van der Waals surface area contributed by atoms with Crippen LogP contribution in [-0.4, -0.2) is 62.4 Å². The van der Waals surface area contributed by atoms with E-state index in [2.05, 4.69) is 4.98 Å². The number of ether oxygens (including phenoxy) is 2. The number of carboxylic acids is 1. The van der Waals surface area contributed by atoms with Crippen LogP contribution in [-0.2, 0) is 19.1 Å². The summed E-state index contributed by atoms with van der Waals surface area (Å²) in [5.41, 5.74) is 0.650. The third kappa shape index (κ3) is 6.02. The minimum atomic E-state index is -1.48. The Morgan fingerprint density at radius 2 is 1.86 bits per heavy atom. The standard InChI is InChI=1S/C15H20N2O5/c1-21-9-7-17(8-10-22-2)14-6-4-12(11-16-14)3-5-13(18)15(19)20/h3-6,11H,7-10H2,1-2H3,(H,19,20)/b5-3+. The molecule has 0 radical (unpaired) electrons. The van der Waals surface area contributed by atoms with Gasteiger partial charge in [-0.25, -0.2) is 9.78 Å². The number of carboxylic acid groups (broad SMARTS) is 1. The molecule has 1 N–H and O–H groups in total. The van der Waals surface area contributed by atoms with Gasteiger partial charge < -0.3 is 19.5 Å². The second kappa shape index (κ2) is 9.64. The number of hydrogen-bond donors (Lipinski definition) is 1. The maximum Gasteiger partial charge on any atom is 0.376 e. The highest BCUT2D eigenvalue weighted by molar-refractivity contribution is 6.38. The normalized spacial score (nSPS) is 10.8. The predicted molar refractivity (Wildman–Crippen MR) is 81.9 cm³/mol. The van der Waals surface area contributed by atoms with Crippen molar-refractivity contribution >= 4 is 23.6 Å². The van der Waals surface area contributed by atoms with Gasteiger partial charge in [-0.2, -0.15) is 0 Å². The Morgan fingerprint density at radius 1 is 1.23 bits per heavy atom. The van der Waals surface area contributed by atoms with Gasteiger partial charge in [0.2, 0.25) is 0 Å². The van der Waals surface area contributed by atoms with E-state index in [0.717, 1.165) is 11.9 Å². The zero-order valence-corrected chi connectivity index (χ0v) is 12.7. The van der Waals surface area contributed by atoms with Crippen molar-refractivity contribution in [2.45, 2.75) is 0 Å². The van der Waals surface area contributed by atoms with Gasteiger partial charge in [0, 0.05) is 33.5 Å². The van der Waals surface area contributed by atoms with Crippen molar-refractivity contribution in [1.82, 2.24) is 4.98 Å².